The molecule has 1 aromatic carbocycles. The molecule has 0 saturated carbocycles. The van der Waals surface area contributed by atoms with Crippen LogP contribution < -0.4 is 16.6 Å². The predicted molar refractivity (Wildman–Crippen MR) is 141 cm³/mol. The Morgan fingerprint density at radius 1 is 0.750 bits per heavy atom. The molecule has 0 radical (unpaired) electrons. The van der Waals surface area contributed by atoms with Crippen molar-refractivity contribution in [3.05, 3.63) is 24.3 Å². The maximum absolute atomic E-state index is 12.1. The lowest BCUT2D eigenvalue weighted by Gasteiger charge is -2.07. The monoisotopic (exact) mass is 485 g/mol. The minimum absolute atomic E-state index is 0. The smallest absolute Gasteiger partial charge is 0.264 e. The zero-order valence-electron chi connectivity index (χ0n) is 19.5. The predicted octanol–water partition coefficient (Wildman–Crippen LogP) is 5.31. The van der Waals surface area contributed by atoms with E-state index < -0.39 is 15.9 Å². The second-order valence-electron chi connectivity index (χ2n) is 8.30. The van der Waals surface area contributed by atoms with Gasteiger partial charge in [-0.1, -0.05) is 96.8 Å². The molecule has 1 aromatic rings. The molecule has 0 saturated heterocycles. The van der Waals surface area contributed by atoms with Gasteiger partial charge in [0.1, 0.15) is 0 Å². The third kappa shape index (κ3) is 16.5. The van der Waals surface area contributed by atoms with E-state index in [9.17, 15) is 13.2 Å². The number of nitrogens with one attached hydrogen (secondary N) is 1. The molecular formula is C24H48AlN3O3S. The van der Waals surface area contributed by atoms with Crippen LogP contribution in [0.2, 0.25) is 0 Å². The Morgan fingerprint density at radius 2 is 1.12 bits per heavy atom. The van der Waals surface area contributed by atoms with Gasteiger partial charge in [-0.15, -0.1) is 0 Å². The molecule has 186 valence electrons. The highest BCUT2D eigenvalue weighted by atomic mass is 32.2. The summed E-state index contributed by atoms with van der Waals surface area (Å²) in [4.78, 5) is 12.0. The summed E-state index contributed by atoms with van der Waals surface area (Å²) in [5, 5.41) is 0. The molecular weight excluding hydrogens is 437 g/mol. The summed E-state index contributed by atoms with van der Waals surface area (Å²) in [6.07, 6.45) is 19.2. The zero-order chi connectivity index (χ0) is 22.1. The highest BCUT2D eigenvalue weighted by Crippen LogP contribution is 2.14. The van der Waals surface area contributed by atoms with Gasteiger partial charge in [0, 0.05) is 12.1 Å². The molecule has 0 spiro atoms. The molecule has 32 heavy (non-hydrogen) atoms. The molecule has 0 fully saturated rings. The Labute approximate surface area is 207 Å². The number of benzene rings is 1. The molecule has 8 heteroatoms. The molecule has 0 aliphatic heterocycles. The number of carbonyl (C=O) groups excluding carboxylic acids is 1. The van der Waals surface area contributed by atoms with Gasteiger partial charge in [0.05, 0.1) is 4.90 Å². The number of nitrogen functional groups attached to an aromatic ring is 1. The topological polar surface area (TPSA) is 124 Å². The summed E-state index contributed by atoms with van der Waals surface area (Å²) in [5.74, 6) is -0.443. The second kappa shape index (κ2) is 20.5. The molecule has 1 rings (SSSR count). The van der Waals surface area contributed by atoms with Crippen molar-refractivity contribution in [2.45, 2.75) is 115 Å². The van der Waals surface area contributed by atoms with Crippen LogP contribution in [0.15, 0.2) is 29.2 Å². The van der Waals surface area contributed by atoms with Crippen LogP contribution in [0.25, 0.3) is 0 Å². The van der Waals surface area contributed by atoms with Gasteiger partial charge in [0.15, 0.2) is 17.4 Å². The van der Waals surface area contributed by atoms with Gasteiger partial charge in [-0.05, 0) is 30.7 Å². The summed E-state index contributed by atoms with van der Waals surface area (Å²) in [6, 6.07) is 5.82. The highest BCUT2D eigenvalue weighted by molar-refractivity contribution is 7.90. The molecule has 0 heterocycles. The fourth-order valence-electron chi connectivity index (χ4n) is 3.56. The van der Waals surface area contributed by atoms with E-state index in [0.29, 0.717) is 5.69 Å². The van der Waals surface area contributed by atoms with Gasteiger partial charge in [-0.3, -0.25) is 4.79 Å². The van der Waals surface area contributed by atoms with Gasteiger partial charge in [-0.2, -0.15) is 0 Å². The van der Waals surface area contributed by atoms with E-state index in [1.165, 1.54) is 101 Å². The number of hydrogen-bond donors (Lipinski definition) is 3. The largest absolute Gasteiger partial charge is 0.399 e. The first kappa shape index (κ1) is 33.1. The average Bonchev–Trinajstić information content (AvgIpc) is 2.71. The highest BCUT2D eigenvalue weighted by Gasteiger charge is 2.16. The molecule has 0 aliphatic carbocycles. The quantitative estimate of drug-likeness (QED) is 0.148. The first-order valence-electron chi connectivity index (χ1n) is 11.9. The van der Waals surface area contributed by atoms with Gasteiger partial charge in [0.2, 0.25) is 5.91 Å². The molecule has 0 bridgehead atoms. The normalized spacial score (nSPS) is 10.8. The molecule has 0 atom stereocenters. The summed E-state index contributed by atoms with van der Waals surface area (Å²) < 4.78 is 26.4. The third-order valence-corrected chi connectivity index (χ3v) is 6.84. The van der Waals surface area contributed by atoms with E-state index in [2.05, 4.69) is 11.6 Å². The van der Waals surface area contributed by atoms with Crippen LogP contribution in [0, 0.1) is 0 Å². The lowest BCUT2D eigenvalue weighted by atomic mass is 10.0. The number of rotatable bonds is 18. The summed E-state index contributed by atoms with van der Waals surface area (Å²) >= 11 is 0. The first-order chi connectivity index (χ1) is 14.5. The van der Waals surface area contributed by atoms with E-state index in [1.54, 1.807) is 0 Å². The van der Waals surface area contributed by atoms with Crippen LogP contribution in [0.4, 0.5) is 5.69 Å². The van der Waals surface area contributed by atoms with E-state index in [1.807, 2.05) is 0 Å². The number of amides is 1. The molecule has 0 aromatic heterocycles. The van der Waals surface area contributed by atoms with Gasteiger partial charge < -0.3 is 11.9 Å². The van der Waals surface area contributed by atoms with E-state index >= 15 is 0 Å². The Kier molecular flexibility index (Phi) is 21.2. The summed E-state index contributed by atoms with van der Waals surface area (Å²) in [6.45, 7) is 2.26. The van der Waals surface area contributed by atoms with Crippen molar-refractivity contribution in [1.82, 2.24) is 10.9 Å². The molecule has 6 N–H and O–H groups in total. The van der Waals surface area contributed by atoms with Gasteiger partial charge in [0.25, 0.3) is 10.0 Å². The molecule has 0 aliphatic rings. The van der Waals surface area contributed by atoms with Crippen molar-refractivity contribution in [2.24, 2.45) is 0 Å². The average molecular weight is 486 g/mol. The van der Waals surface area contributed by atoms with Crippen molar-refractivity contribution >= 4 is 39.0 Å². The fraction of sp³-hybridized carbons (Fsp3) is 0.708. The van der Waals surface area contributed by atoms with Gasteiger partial charge >= 0.3 is 0 Å². The van der Waals surface area contributed by atoms with Crippen molar-refractivity contribution < 1.29 is 13.2 Å². The summed E-state index contributed by atoms with van der Waals surface area (Å²) in [7, 11) is -3.80. The molecule has 6 nitrogen and oxygen atoms in total. The minimum atomic E-state index is -3.80. The number of carbonyl (C=O) groups is 1. The Hall–Kier alpha value is -1.07. The number of anilines is 1. The first-order valence-corrected chi connectivity index (χ1v) is 13.3. The van der Waals surface area contributed by atoms with Crippen LogP contribution in [0.3, 0.4) is 0 Å². The van der Waals surface area contributed by atoms with E-state index in [-0.39, 0.29) is 34.8 Å². The Bertz CT molecular complexity index is 682. The van der Waals surface area contributed by atoms with Crippen LogP contribution >= 0.6 is 0 Å². The van der Waals surface area contributed by atoms with Crippen LogP contribution in [-0.2, 0) is 14.8 Å². The lowest BCUT2D eigenvalue weighted by molar-refractivity contribution is -0.119. The lowest BCUT2D eigenvalue weighted by Crippen LogP contribution is -2.30. The number of unbranched alkanes of at least 4 members (excludes halogenated alkanes) is 14. The fourth-order valence-corrected chi connectivity index (χ4v) is 4.58. The van der Waals surface area contributed by atoms with Gasteiger partial charge in [-0.25, -0.2) is 13.1 Å². The maximum atomic E-state index is 12.1. The third-order valence-electron chi connectivity index (χ3n) is 5.45. The standard InChI is InChI=1S/C24H42N2O3S.Al.H3N.3H/c1-2-3-4-5-6-7-8-9-10-11-12-13-14-15-16-17-24(27)26-30(28,29)23-20-18-22(25)19-21-23;;;;;/h18-21H,2-17,25H2,1H3,(H,26,27);;1H3;;;. The zero-order valence-corrected chi connectivity index (χ0v) is 20.4. The molecule has 0 unspecified atom stereocenters. The summed E-state index contributed by atoms with van der Waals surface area (Å²) in [5.41, 5.74) is 6.04. The number of nitrogens with two attached hydrogens (primary N) is 1. The van der Waals surface area contributed by atoms with E-state index in [4.69, 9.17) is 5.73 Å². The Balaban J connectivity index is 0. The van der Waals surface area contributed by atoms with Crippen molar-refractivity contribution in [1.29, 1.82) is 0 Å². The van der Waals surface area contributed by atoms with Crippen molar-refractivity contribution in [3.63, 3.8) is 0 Å². The van der Waals surface area contributed by atoms with Crippen molar-refractivity contribution in [3.8, 4) is 0 Å². The van der Waals surface area contributed by atoms with Crippen LogP contribution in [0.1, 0.15) is 110 Å². The Morgan fingerprint density at radius 3 is 1.53 bits per heavy atom. The molecule has 1 amide bonds. The van der Waals surface area contributed by atoms with E-state index in [0.717, 1.165) is 19.3 Å². The number of sulfonamides is 1. The maximum Gasteiger partial charge on any atom is 0.264 e. The van der Waals surface area contributed by atoms with Crippen LogP contribution in [0.5, 0.6) is 0 Å². The second-order valence-corrected chi connectivity index (χ2v) is 9.98. The minimum Gasteiger partial charge on any atom is -0.399 e. The number of hydrogen-bond acceptors (Lipinski definition) is 5. The van der Waals surface area contributed by atoms with Crippen LogP contribution in [-0.4, -0.2) is 31.7 Å². The SMILES string of the molecule is CCCCCCCCCCCCCCCCCC(=O)NS(=O)(=O)c1ccc(N)cc1.N.[AlH3]. The van der Waals surface area contributed by atoms with Crippen molar-refractivity contribution in [2.75, 3.05) is 5.73 Å².